The van der Waals surface area contributed by atoms with Crippen LogP contribution in [0.4, 0.5) is 0 Å². The van der Waals surface area contributed by atoms with E-state index in [1.54, 1.807) is 47.7 Å². The van der Waals surface area contributed by atoms with Crippen LogP contribution in [0.15, 0.2) is 30.5 Å². The molecule has 2 rings (SSSR count). The van der Waals surface area contributed by atoms with E-state index in [0.717, 1.165) is 16.5 Å². The number of rotatable bonds is 47. The molecule has 2 aromatic rings. The maximum Gasteiger partial charge on any atom is 0.326 e. The summed E-state index contributed by atoms with van der Waals surface area (Å²) in [4.78, 5) is 259. The molecule has 0 unspecified atom stereocenters. The number of carbonyl (C=O) groups excluding carboxylic acids is 18. The highest BCUT2D eigenvalue weighted by molar-refractivity contribution is 6.04. The first-order valence-electron chi connectivity index (χ1n) is 38.3. The first-order chi connectivity index (χ1) is 53.0. The number of para-hydroxylation sites is 1. The summed E-state index contributed by atoms with van der Waals surface area (Å²) in [6, 6.07) is -3.89. The molecule has 0 bridgehead atoms. The molecule has 0 fully saturated rings. The Morgan fingerprint density at radius 2 is 0.629 bits per heavy atom. The molecule has 1 aromatic heterocycles. The van der Waals surface area contributed by atoms with Gasteiger partial charge >= 0.3 is 5.97 Å². The highest BCUT2D eigenvalue weighted by Gasteiger charge is 2.46. The van der Waals surface area contributed by atoms with Gasteiger partial charge in [-0.25, -0.2) is 4.79 Å². The van der Waals surface area contributed by atoms with Gasteiger partial charge in [0.05, 0.1) is 0 Å². The average Bonchev–Trinajstić information content (AvgIpc) is 1.76. The van der Waals surface area contributed by atoms with Crippen molar-refractivity contribution in [1.29, 1.82) is 0 Å². The van der Waals surface area contributed by atoms with Gasteiger partial charge in [-0.05, 0) is 172 Å². The fourth-order valence-corrected chi connectivity index (χ4v) is 11.3. The van der Waals surface area contributed by atoms with Crippen LogP contribution in [-0.2, 0) is 97.5 Å². The minimum Gasteiger partial charge on any atom is -0.480 e. The largest absolute Gasteiger partial charge is 0.480 e. The molecule has 8 atom stereocenters. The topological polar surface area (TPSA) is 619 Å². The van der Waals surface area contributed by atoms with Crippen molar-refractivity contribution in [2.45, 2.75) is 304 Å². The van der Waals surface area contributed by atoms with Crippen LogP contribution in [0.25, 0.3) is 10.9 Å². The standard InChI is InChI=1S/C77H125N19O20/c1-38(2)33-49(61(106)92-71(9,10)64(110)86-47(28-31-54(79)99)58(103)85-52(63(108)109)35-40(5)6)84-57(102)46(27-30-53(78)98)87-66(112)73(13,14)95-70(116)77(21,22)96-69(115)76(19,20)91-60(105)48(29-32-55(80)100)88-65(111)72(11,12)93-62(107)50(34-39(3)4)89-67(113)74(15,16)94-68(114)75(17,18)90-56(101)41(7)82-59(104)51(83-42(8)97)36-43-37-81-45-26-24-23-25-44(43)45/h23-26,37-41,46-52,81H,27-36H2,1-22H3,(H2,78,98)(H2,79,99)(H2,80,100)(H,82,104)(H,83,97)(H,84,102)(H,85,103)(H,86,110)(H,87,112)(H,88,111)(H,89,113)(H,90,101)(H,91,105)(H,92,106)(H,93,107)(H,94,114)(H,95,116)(H,96,115)(H,108,109)/t41-,46-,47-,48-,49-,50-,51-,52-/m0/s1. The first kappa shape index (κ1) is 101. The lowest BCUT2D eigenvalue weighted by atomic mass is 9.95. The van der Waals surface area contributed by atoms with Crippen LogP contribution in [-0.4, -0.2) is 209 Å². The third-order valence-electron chi connectivity index (χ3n) is 18.4. The average molecular weight is 1640 g/mol. The lowest BCUT2D eigenvalue weighted by Gasteiger charge is -2.36. The zero-order chi connectivity index (χ0) is 89.5. The summed E-state index contributed by atoms with van der Waals surface area (Å²) in [6.45, 7) is 30.8. The van der Waals surface area contributed by atoms with E-state index in [1.807, 2.05) is 24.3 Å². The summed E-state index contributed by atoms with van der Waals surface area (Å²) in [5.41, 5.74) is 4.65. The lowest BCUT2D eigenvalue weighted by molar-refractivity contribution is -0.143. The van der Waals surface area contributed by atoms with Gasteiger partial charge < -0.3 is 107 Å². The van der Waals surface area contributed by atoms with Crippen LogP contribution in [0.3, 0.4) is 0 Å². The second-order valence-corrected chi connectivity index (χ2v) is 34.2. The van der Waals surface area contributed by atoms with Crippen LogP contribution < -0.4 is 97.0 Å². The SMILES string of the molecule is CC(=O)N[C@@H](Cc1c[nH]c2ccccc12)C(=O)N[C@@H](C)C(=O)NC(C)(C)C(=O)NC(C)(C)C(=O)N[C@@H](CC(C)C)C(=O)NC(C)(C)C(=O)N[C@@H](CCC(N)=O)C(=O)NC(C)(C)C(=O)NC(C)(C)C(=O)NC(C)(C)C(=O)N[C@@H](CCC(N)=O)C(=O)N[C@@H](CC(C)C)C(=O)NC(C)(C)C(=O)N[C@@H](CCC(N)=O)C(=O)N[C@@H](CC(C)C)C(=O)O. The number of carbonyl (C=O) groups is 19. The minimum absolute atomic E-state index is 0.0154. The molecule has 0 aliphatic rings. The van der Waals surface area contributed by atoms with Gasteiger partial charge in [0.1, 0.15) is 87.1 Å². The van der Waals surface area contributed by atoms with E-state index in [9.17, 15) is 96.2 Å². The summed E-state index contributed by atoms with van der Waals surface area (Å²) in [6.07, 6.45) is -0.872. The second kappa shape index (κ2) is 42.3. The Hall–Kier alpha value is -11.3. The number of hydrogen-bond acceptors (Lipinski definition) is 19. The molecule has 0 saturated heterocycles. The molecule has 648 valence electrons. The van der Waals surface area contributed by atoms with Gasteiger partial charge in [-0.2, -0.15) is 0 Å². The van der Waals surface area contributed by atoms with Crippen molar-refractivity contribution in [3.63, 3.8) is 0 Å². The number of hydrogen-bond donors (Lipinski definition) is 20. The number of nitrogens with one attached hydrogen (secondary N) is 16. The number of fused-ring (bicyclic) bond motifs is 1. The van der Waals surface area contributed by atoms with Crippen molar-refractivity contribution >= 4 is 123 Å². The number of aromatic amines is 1. The Labute approximate surface area is 676 Å². The Balaban J connectivity index is 2.26. The summed E-state index contributed by atoms with van der Waals surface area (Å²) in [5, 5.41) is 48.5. The highest BCUT2D eigenvalue weighted by Crippen LogP contribution is 2.22. The van der Waals surface area contributed by atoms with E-state index >= 15 is 0 Å². The summed E-state index contributed by atoms with van der Waals surface area (Å²) >= 11 is 0. The van der Waals surface area contributed by atoms with Crippen LogP contribution >= 0.6 is 0 Å². The third-order valence-corrected chi connectivity index (χ3v) is 18.4. The molecule has 18 amide bonds. The Morgan fingerprint density at radius 3 is 0.983 bits per heavy atom. The molecule has 0 saturated carbocycles. The number of amides is 18. The fraction of sp³-hybridized carbons (Fsp3) is 0.649. The molecular weight excluding hydrogens is 1510 g/mol. The van der Waals surface area contributed by atoms with Gasteiger partial charge in [0, 0.05) is 49.7 Å². The molecule has 0 aliphatic heterocycles. The van der Waals surface area contributed by atoms with Crippen molar-refractivity contribution in [3.05, 3.63) is 36.0 Å². The number of H-pyrrole nitrogens is 1. The molecule has 116 heavy (non-hydrogen) atoms. The van der Waals surface area contributed by atoms with Crippen molar-refractivity contribution < 1.29 is 96.2 Å². The van der Waals surface area contributed by atoms with Gasteiger partial charge in [-0.3, -0.25) is 86.3 Å². The van der Waals surface area contributed by atoms with Crippen LogP contribution in [0.2, 0.25) is 0 Å². The quantitative estimate of drug-likeness (QED) is 0.0338. The molecule has 39 heteroatoms. The number of carboxylic acids is 1. The van der Waals surface area contributed by atoms with Crippen LogP contribution in [0.5, 0.6) is 0 Å². The first-order valence-corrected chi connectivity index (χ1v) is 38.3. The summed E-state index contributed by atoms with van der Waals surface area (Å²) < 4.78 is 0. The fourth-order valence-electron chi connectivity index (χ4n) is 11.3. The Morgan fingerprint density at radius 1 is 0.345 bits per heavy atom. The monoisotopic (exact) mass is 1640 g/mol. The zero-order valence-corrected chi connectivity index (χ0v) is 70.7. The Kier molecular flexibility index (Phi) is 36.8. The highest BCUT2D eigenvalue weighted by atomic mass is 16.4. The van der Waals surface area contributed by atoms with Crippen molar-refractivity contribution in [2.24, 2.45) is 35.0 Å². The predicted octanol–water partition coefficient (Wildman–Crippen LogP) is -2.09. The number of benzene rings is 1. The van der Waals surface area contributed by atoms with E-state index in [4.69, 9.17) is 17.2 Å². The number of aliphatic carboxylic acids is 1. The van der Waals surface area contributed by atoms with Gasteiger partial charge in [0.15, 0.2) is 0 Å². The summed E-state index contributed by atoms with van der Waals surface area (Å²) in [5.74, 6) is -18.3. The van der Waals surface area contributed by atoms with Gasteiger partial charge in [-0.1, -0.05) is 59.7 Å². The smallest absolute Gasteiger partial charge is 0.326 e. The predicted molar refractivity (Wildman–Crippen MR) is 426 cm³/mol. The third kappa shape index (κ3) is 32.5. The molecule has 0 aliphatic carbocycles. The molecule has 39 nitrogen and oxygen atoms in total. The maximum atomic E-state index is 14.2. The van der Waals surface area contributed by atoms with E-state index in [1.165, 1.54) is 111 Å². The van der Waals surface area contributed by atoms with Crippen LogP contribution in [0, 0.1) is 17.8 Å². The number of primary amides is 3. The van der Waals surface area contributed by atoms with Crippen molar-refractivity contribution in [3.8, 4) is 0 Å². The van der Waals surface area contributed by atoms with Crippen molar-refractivity contribution in [1.82, 2.24) is 84.7 Å². The van der Waals surface area contributed by atoms with Crippen molar-refractivity contribution in [2.75, 3.05) is 0 Å². The van der Waals surface area contributed by atoms with Gasteiger partial charge in [0.25, 0.3) is 0 Å². The minimum atomic E-state index is -1.96. The van der Waals surface area contributed by atoms with Crippen LogP contribution in [0.1, 0.15) is 216 Å². The van der Waals surface area contributed by atoms with Gasteiger partial charge in [-0.15, -0.1) is 0 Å². The number of carboxylic acid groups (broad SMARTS) is 1. The van der Waals surface area contributed by atoms with E-state index in [-0.39, 0.29) is 49.9 Å². The van der Waals surface area contributed by atoms with E-state index < -0.39 is 232 Å². The number of aromatic nitrogens is 1. The van der Waals surface area contributed by atoms with Gasteiger partial charge in [0.2, 0.25) is 106 Å². The molecule has 1 heterocycles. The van der Waals surface area contributed by atoms with E-state index in [0.29, 0.717) is 0 Å². The zero-order valence-electron chi connectivity index (χ0n) is 70.7. The molecule has 0 radical (unpaired) electrons. The normalized spacial score (nSPS) is 14.2. The maximum absolute atomic E-state index is 14.2. The molecule has 23 N–H and O–H groups in total. The Bertz CT molecular complexity index is 3990. The summed E-state index contributed by atoms with van der Waals surface area (Å²) in [7, 11) is 0. The number of nitrogens with two attached hydrogens (primary N) is 3. The van der Waals surface area contributed by atoms with E-state index in [2.05, 4.69) is 84.7 Å². The molecule has 0 spiro atoms. The molecule has 1 aromatic carbocycles. The molecular formula is C77H125N19O20. The second-order valence-electron chi connectivity index (χ2n) is 34.2. The lowest BCUT2D eigenvalue weighted by Crippen LogP contribution is -2.68.